The quantitative estimate of drug-likeness (QED) is 0.233. The molecule has 0 aromatic heterocycles. The number of carbonyl (C=O) groups is 2. The third-order valence-electron chi connectivity index (χ3n) is 3.20. The van der Waals surface area contributed by atoms with Crippen LogP contribution in [0.15, 0.2) is 36.4 Å². The van der Waals surface area contributed by atoms with Gasteiger partial charge in [0.1, 0.15) is 11.5 Å². The Bertz CT molecular complexity index is 904. The lowest BCUT2D eigenvalue weighted by atomic mass is 10.1. The van der Waals surface area contributed by atoms with Crippen LogP contribution < -0.4 is 4.74 Å². The van der Waals surface area contributed by atoms with Crippen molar-refractivity contribution in [3.63, 3.8) is 0 Å². The number of carbonyl (C=O) groups excluding carboxylic acids is 2. The molecule has 0 heterocycles. The first-order valence-electron chi connectivity index (χ1n) is 7.19. The van der Waals surface area contributed by atoms with E-state index in [0.29, 0.717) is 6.07 Å². The number of rotatable bonds is 6. The zero-order valence-corrected chi connectivity index (χ0v) is 15.1. The Balaban J connectivity index is 3.39. The summed E-state index contributed by atoms with van der Waals surface area (Å²) in [6, 6.07) is 3.32. The summed E-state index contributed by atoms with van der Waals surface area (Å²) < 4.78 is 117. The lowest BCUT2D eigenvalue weighted by Crippen LogP contribution is -2.63. The van der Waals surface area contributed by atoms with Gasteiger partial charge in [-0.2, -0.15) is 34.8 Å². The van der Waals surface area contributed by atoms with Crippen LogP contribution in [0.3, 0.4) is 0 Å². The van der Waals surface area contributed by atoms with Gasteiger partial charge in [0.2, 0.25) is 0 Å². The molecule has 14 heteroatoms. The minimum atomic E-state index is -6.46. The number of esters is 2. The molecule has 0 aliphatic rings. The van der Waals surface area contributed by atoms with Gasteiger partial charge in [-0.25, -0.2) is 9.59 Å². The maximum Gasteiger partial charge on any atom is 0.438 e. The van der Waals surface area contributed by atoms with Crippen molar-refractivity contribution in [1.82, 2.24) is 0 Å². The summed E-state index contributed by atoms with van der Waals surface area (Å²) in [6.45, 7) is 4.50. The van der Waals surface area contributed by atoms with Crippen molar-refractivity contribution < 1.29 is 58.4 Å². The highest BCUT2D eigenvalue weighted by Crippen LogP contribution is 2.47. The molecule has 0 unspecified atom stereocenters. The SMILES string of the molecule is C=C(C)C(=O)Oc1cccc(C(=O)OC(CS(=O)(=O)O)(C(F)(F)F)C(F)(F)F)c1. The molecule has 0 amide bonds. The van der Waals surface area contributed by atoms with Crippen LogP contribution in [0.2, 0.25) is 0 Å². The van der Waals surface area contributed by atoms with Crippen LogP contribution >= 0.6 is 0 Å². The molecule has 29 heavy (non-hydrogen) atoms. The molecular formula is C15H12F6O7S. The van der Waals surface area contributed by atoms with Crippen molar-refractivity contribution in [2.45, 2.75) is 24.9 Å². The zero-order chi connectivity index (χ0) is 22.8. The lowest BCUT2D eigenvalue weighted by molar-refractivity contribution is -0.356. The minimum absolute atomic E-state index is 0.0979. The molecule has 0 spiro atoms. The summed E-state index contributed by atoms with van der Waals surface area (Å²) in [6.07, 6.45) is -12.9. The maximum absolute atomic E-state index is 13.2. The molecule has 0 radical (unpaired) electrons. The van der Waals surface area contributed by atoms with Crippen molar-refractivity contribution in [2.24, 2.45) is 0 Å². The van der Waals surface area contributed by atoms with Crippen molar-refractivity contribution in [2.75, 3.05) is 5.75 Å². The molecule has 0 aliphatic carbocycles. The van der Waals surface area contributed by atoms with Gasteiger partial charge in [-0.3, -0.25) is 4.55 Å². The second kappa shape index (κ2) is 8.02. The van der Waals surface area contributed by atoms with Crippen molar-refractivity contribution in [1.29, 1.82) is 0 Å². The molecule has 0 atom stereocenters. The number of hydrogen-bond donors (Lipinski definition) is 1. The molecule has 0 saturated heterocycles. The van der Waals surface area contributed by atoms with Gasteiger partial charge in [-0.05, 0) is 25.1 Å². The number of halogens is 6. The van der Waals surface area contributed by atoms with Crippen LogP contribution in [0.25, 0.3) is 0 Å². The Morgan fingerprint density at radius 3 is 2.03 bits per heavy atom. The maximum atomic E-state index is 13.2. The first kappa shape index (κ1) is 24.4. The second-order valence-corrected chi connectivity index (χ2v) is 7.09. The van der Waals surface area contributed by atoms with E-state index in [1.807, 2.05) is 0 Å². The van der Waals surface area contributed by atoms with E-state index in [0.717, 1.165) is 18.2 Å². The molecule has 1 N–H and O–H groups in total. The molecule has 7 nitrogen and oxygen atoms in total. The van der Waals surface area contributed by atoms with Gasteiger partial charge in [0.15, 0.2) is 0 Å². The standard InChI is InChI=1S/C15H12F6O7S/c1-8(2)11(22)27-10-5-3-4-9(6-10)12(23)28-13(14(16,17)18,15(19,20)21)7-29(24,25)26/h3-6H,1,7H2,2H3,(H,24,25,26). The Labute approximate surface area is 159 Å². The van der Waals surface area contributed by atoms with Crippen LogP contribution in [0, 0.1) is 0 Å². The summed E-state index contributed by atoms with van der Waals surface area (Å²) >= 11 is 0. The fraction of sp³-hybridized carbons (Fsp3) is 0.333. The van der Waals surface area contributed by atoms with Crippen molar-refractivity contribution in [3.05, 3.63) is 42.0 Å². The molecular weight excluding hydrogens is 438 g/mol. The predicted molar refractivity (Wildman–Crippen MR) is 83.6 cm³/mol. The van der Waals surface area contributed by atoms with Gasteiger partial charge in [0.05, 0.1) is 5.56 Å². The first-order valence-corrected chi connectivity index (χ1v) is 8.80. The molecule has 0 saturated carbocycles. The third-order valence-corrected chi connectivity index (χ3v) is 3.97. The Hall–Kier alpha value is -2.61. The number of alkyl halides is 6. The summed E-state index contributed by atoms with van der Waals surface area (Å²) in [5.41, 5.74) is -6.57. The zero-order valence-electron chi connectivity index (χ0n) is 14.3. The van der Waals surface area contributed by atoms with Crippen LogP contribution in [-0.4, -0.2) is 48.6 Å². The molecule has 162 valence electrons. The van der Waals surface area contributed by atoms with Gasteiger partial charge in [0.25, 0.3) is 10.1 Å². The fourth-order valence-corrected chi connectivity index (χ4v) is 2.72. The van der Waals surface area contributed by atoms with Gasteiger partial charge in [0, 0.05) is 5.57 Å². The summed E-state index contributed by atoms with van der Waals surface area (Å²) in [7, 11) is -5.91. The normalized spacial score (nSPS) is 13.0. The van der Waals surface area contributed by atoms with Gasteiger partial charge >= 0.3 is 29.9 Å². The molecule has 0 fully saturated rings. The summed E-state index contributed by atoms with van der Waals surface area (Å²) in [4.78, 5) is 23.4. The summed E-state index contributed by atoms with van der Waals surface area (Å²) in [5, 5.41) is 0. The van der Waals surface area contributed by atoms with Gasteiger partial charge in [-0.15, -0.1) is 0 Å². The lowest BCUT2D eigenvalue weighted by Gasteiger charge is -2.35. The largest absolute Gasteiger partial charge is 0.438 e. The highest BCUT2D eigenvalue weighted by Gasteiger charge is 2.76. The Morgan fingerprint density at radius 1 is 1.10 bits per heavy atom. The highest BCUT2D eigenvalue weighted by molar-refractivity contribution is 7.85. The molecule has 0 aliphatic heterocycles. The van der Waals surface area contributed by atoms with E-state index in [1.54, 1.807) is 0 Å². The van der Waals surface area contributed by atoms with E-state index >= 15 is 0 Å². The average Bonchev–Trinajstić information content (AvgIpc) is 2.50. The predicted octanol–water partition coefficient (Wildman–Crippen LogP) is 3.08. The Morgan fingerprint density at radius 2 is 1.62 bits per heavy atom. The van der Waals surface area contributed by atoms with Crippen molar-refractivity contribution in [3.8, 4) is 5.75 Å². The van der Waals surface area contributed by atoms with E-state index in [1.165, 1.54) is 6.92 Å². The van der Waals surface area contributed by atoms with E-state index in [9.17, 15) is 44.3 Å². The van der Waals surface area contributed by atoms with Crippen molar-refractivity contribution >= 4 is 22.1 Å². The van der Waals surface area contributed by atoms with Crippen LogP contribution in [0.1, 0.15) is 17.3 Å². The molecule has 1 rings (SSSR count). The average molecular weight is 450 g/mol. The number of hydrogen-bond acceptors (Lipinski definition) is 6. The van der Waals surface area contributed by atoms with Crippen LogP contribution in [-0.2, 0) is 19.6 Å². The highest BCUT2D eigenvalue weighted by atomic mass is 32.2. The van der Waals surface area contributed by atoms with Crippen LogP contribution in [0.4, 0.5) is 26.3 Å². The van der Waals surface area contributed by atoms with E-state index in [4.69, 9.17) is 4.55 Å². The van der Waals surface area contributed by atoms with E-state index in [-0.39, 0.29) is 5.57 Å². The fourth-order valence-electron chi connectivity index (χ4n) is 1.82. The first-order chi connectivity index (χ1) is 12.9. The van der Waals surface area contributed by atoms with Crippen LogP contribution in [0.5, 0.6) is 5.75 Å². The minimum Gasteiger partial charge on any atom is -0.435 e. The van der Waals surface area contributed by atoms with E-state index < -0.39 is 57.1 Å². The molecule has 1 aromatic rings. The summed E-state index contributed by atoms with van der Waals surface area (Å²) in [5.74, 6) is -6.69. The van der Waals surface area contributed by atoms with E-state index in [2.05, 4.69) is 16.1 Å². The number of benzene rings is 1. The molecule has 0 bridgehead atoms. The monoisotopic (exact) mass is 450 g/mol. The number of ether oxygens (including phenoxy) is 2. The Kier molecular flexibility index (Phi) is 6.76. The van der Waals surface area contributed by atoms with Gasteiger partial charge < -0.3 is 9.47 Å². The molecule has 1 aromatic carbocycles. The smallest absolute Gasteiger partial charge is 0.435 e. The van der Waals surface area contributed by atoms with Gasteiger partial charge in [-0.1, -0.05) is 12.6 Å². The third kappa shape index (κ3) is 5.93. The second-order valence-electron chi connectivity index (χ2n) is 5.64. The topological polar surface area (TPSA) is 107 Å².